The molecule has 1 aromatic rings. The molecule has 5 nitrogen and oxygen atoms in total. The summed E-state index contributed by atoms with van der Waals surface area (Å²) >= 11 is 5.82. The van der Waals surface area contributed by atoms with Crippen LogP contribution in [0.2, 0.25) is 5.02 Å². The minimum atomic E-state index is -0.146. The number of likely N-dealkylation sites (N-methyl/N-ethyl adjacent to an activating group) is 1. The summed E-state index contributed by atoms with van der Waals surface area (Å²) in [6.45, 7) is 4.62. The predicted octanol–water partition coefficient (Wildman–Crippen LogP) is 3.00. The van der Waals surface area contributed by atoms with Crippen LogP contribution in [0.25, 0.3) is 0 Å². The van der Waals surface area contributed by atoms with Gasteiger partial charge in [0.1, 0.15) is 0 Å². The summed E-state index contributed by atoms with van der Waals surface area (Å²) in [4.78, 5) is 28.3. The van der Waals surface area contributed by atoms with Gasteiger partial charge in [-0.05, 0) is 64.4 Å². The summed E-state index contributed by atoms with van der Waals surface area (Å²) in [5.74, 6) is -0.0520. The Morgan fingerprint density at radius 2 is 1.75 bits per heavy atom. The SMILES string of the molecule is C[C@H]1CCC[C@H](C)N1C(=O)CN(C)CC(=O)Nc1ccc(Cl)cc1. The van der Waals surface area contributed by atoms with Crippen molar-refractivity contribution in [1.82, 2.24) is 9.80 Å². The first kappa shape index (κ1) is 18.7. The van der Waals surface area contributed by atoms with Gasteiger partial charge in [-0.1, -0.05) is 11.6 Å². The number of carbonyl (C=O) groups excluding carboxylic acids is 2. The van der Waals surface area contributed by atoms with Crippen molar-refractivity contribution in [3.63, 3.8) is 0 Å². The number of nitrogens with one attached hydrogen (secondary N) is 1. The van der Waals surface area contributed by atoms with Crippen LogP contribution < -0.4 is 5.32 Å². The molecule has 0 spiro atoms. The zero-order chi connectivity index (χ0) is 17.7. The second-order valence-electron chi connectivity index (χ2n) is 6.66. The number of piperidine rings is 1. The van der Waals surface area contributed by atoms with Gasteiger partial charge in [0.05, 0.1) is 13.1 Å². The number of benzene rings is 1. The van der Waals surface area contributed by atoms with E-state index in [1.165, 1.54) is 6.42 Å². The van der Waals surface area contributed by atoms with Gasteiger partial charge < -0.3 is 10.2 Å². The van der Waals surface area contributed by atoms with Crippen molar-refractivity contribution in [2.75, 3.05) is 25.5 Å². The lowest BCUT2D eigenvalue weighted by molar-refractivity contribution is -0.138. The van der Waals surface area contributed by atoms with Crippen LogP contribution in [-0.4, -0.2) is 53.8 Å². The number of rotatable bonds is 5. The van der Waals surface area contributed by atoms with Crippen LogP contribution in [0.1, 0.15) is 33.1 Å². The van der Waals surface area contributed by atoms with Crippen LogP contribution in [0.3, 0.4) is 0 Å². The number of carbonyl (C=O) groups is 2. The highest BCUT2D eigenvalue weighted by molar-refractivity contribution is 6.30. The maximum absolute atomic E-state index is 12.5. The summed E-state index contributed by atoms with van der Waals surface area (Å²) in [5, 5.41) is 3.43. The Kier molecular flexibility index (Phi) is 6.63. The smallest absolute Gasteiger partial charge is 0.238 e. The minimum absolute atomic E-state index is 0.0940. The van der Waals surface area contributed by atoms with E-state index in [2.05, 4.69) is 19.2 Å². The van der Waals surface area contributed by atoms with Crippen LogP contribution >= 0.6 is 11.6 Å². The number of amides is 2. The molecule has 2 rings (SSSR count). The Bertz CT molecular complexity index is 566. The lowest BCUT2D eigenvalue weighted by atomic mass is 9.97. The first-order valence-corrected chi connectivity index (χ1v) is 8.79. The molecule has 0 radical (unpaired) electrons. The van der Waals surface area contributed by atoms with Gasteiger partial charge in [-0.25, -0.2) is 0 Å². The molecule has 0 aromatic heterocycles. The molecule has 0 aliphatic carbocycles. The highest BCUT2D eigenvalue weighted by Gasteiger charge is 2.29. The van der Waals surface area contributed by atoms with Crippen molar-refractivity contribution in [3.8, 4) is 0 Å². The van der Waals surface area contributed by atoms with Crippen LogP contribution in [-0.2, 0) is 9.59 Å². The molecular formula is C18H26ClN3O2. The van der Waals surface area contributed by atoms with Crippen LogP contribution in [0.4, 0.5) is 5.69 Å². The zero-order valence-corrected chi connectivity index (χ0v) is 15.3. The molecule has 1 saturated heterocycles. The monoisotopic (exact) mass is 351 g/mol. The molecule has 2 atom stereocenters. The van der Waals surface area contributed by atoms with Crippen molar-refractivity contribution in [2.45, 2.75) is 45.2 Å². The number of hydrogen-bond acceptors (Lipinski definition) is 3. The molecule has 1 aliphatic heterocycles. The molecule has 0 saturated carbocycles. The third-order valence-corrected chi connectivity index (χ3v) is 4.68. The number of halogens is 1. The van der Waals surface area contributed by atoms with Gasteiger partial charge in [0.25, 0.3) is 0 Å². The molecule has 0 unspecified atom stereocenters. The molecule has 2 amide bonds. The minimum Gasteiger partial charge on any atom is -0.336 e. The normalized spacial score (nSPS) is 21.0. The zero-order valence-electron chi connectivity index (χ0n) is 14.6. The first-order chi connectivity index (χ1) is 11.4. The Labute approximate surface area is 149 Å². The standard InChI is InChI=1S/C18H26ClN3O2/c1-13-5-4-6-14(2)22(13)18(24)12-21(3)11-17(23)20-16-9-7-15(19)8-10-16/h7-10,13-14H,4-6,11-12H2,1-3H3,(H,20,23)/t13-,14-/m0/s1. The molecule has 1 fully saturated rings. The van der Waals surface area contributed by atoms with Crippen molar-refractivity contribution in [2.24, 2.45) is 0 Å². The van der Waals surface area contributed by atoms with Gasteiger partial charge in [-0.3, -0.25) is 14.5 Å². The van der Waals surface area contributed by atoms with Gasteiger partial charge in [0, 0.05) is 22.8 Å². The van der Waals surface area contributed by atoms with E-state index in [9.17, 15) is 9.59 Å². The third-order valence-electron chi connectivity index (χ3n) is 4.43. The summed E-state index contributed by atoms with van der Waals surface area (Å²) < 4.78 is 0. The van der Waals surface area contributed by atoms with E-state index in [1.807, 2.05) is 4.90 Å². The fourth-order valence-electron chi connectivity index (χ4n) is 3.26. The second-order valence-corrected chi connectivity index (χ2v) is 7.09. The molecule has 1 N–H and O–H groups in total. The van der Waals surface area contributed by atoms with E-state index in [0.717, 1.165) is 12.8 Å². The van der Waals surface area contributed by atoms with E-state index in [1.54, 1.807) is 36.2 Å². The fourth-order valence-corrected chi connectivity index (χ4v) is 3.39. The van der Waals surface area contributed by atoms with Crippen molar-refractivity contribution in [1.29, 1.82) is 0 Å². The summed E-state index contributed by atoms with van der Waals surface area (Å²) in [6, 6.07) is 7.51. The number of anilines is 1. The summed E-state index contributed by atoms with van der Waals surface area (Å²) in [5.41, 5.74) is 0.697. The Morgan fingerprint density at radius 3 is 2.33 bits per heavy atom. The Morgan fingerprint density at radius 1 is 1.17 bits per heavy atom. The van der Waals surface area contributed by atoms with Crippen molar-refractivity contribution < 1.29 is 9.59 Å². The van der Waals surface area contributed by atoms with E-state index in [0.29, 0.717) is 10.7 Å². The Balaban J connectivity index is 1.83. The number of nitrogens with zero attached hydrogens (tertiary/aromatic N) is 2. The van der Waals surface area contributed by atoms with Crippen molar-refractivity contribution in [3.05, 3.63) is 29.3 Å². The summed E-state index contributed by atoms with van der Waals surface area (Å²) in [7, 11) is 1.79. The molecule has 1 aromatic carbocycles. The quantitative estimate of drug-likeness (QED) is 0.887. The third kappa shape index (κ3) is 5.21. The largest absolute Gasteiger partial charge is 0.336 e. The molecule has 1 heterocycles. The molecule has 1 aliphatic rings. The van der Waals surface area contributed by atoms with Crippen LogP contribution in [0, 0.1) is 0 Å². The van der Waals surface area contributed by atoms with Crippen LogP contribution in [0.5, 0.6) is 0 Å². The van der Waals surface area contributed by atoms with Gasteiger partial charge in [0.15, 0.2) is 0 Å². The van der Waals surface area contributed by atoms with E-state index < -0.39 is 0 Å². The van der Waals surface area contributed by atoms with Gasteiger partial charge in [-0.15, -0.1) is 0 Å². The summed E-state index contributed by atoms with van der Waals surface area (Å²) in [6.07, 6.45) is 3.28. The van der Waals surface area contributed by atoms with Crippen molar-refractivity contribution >= 4 is 29.1 Å². The van der Waals surface area contributed by atoms with Crippen LogP contribution in [0.15, 0.2) is 24.3 Å². The second kappa shape index (κ2) is 8.49. The molecule has 0 bridgehead atoms. The van der Waals surface area contributed by atoms with Gasteiger partial charge in [0.2, 0.25) is 11.8 Å². The van der Waals surface area contributed by atoms with E-state index >= 15 is 0 Å². The van der Waals surface area contributed by atoms with Gasteiger partial charge >= 0.3 is 0 Å². The highest BCUT2D eigenvalue weighted by atomic mass is 35.5. The molecule has 24 heavy (non-hydrogen) atoms. The lowest BCUT2D eigenvalue weighted by Crippen LogP contribution is -2.51. The van der Waals surface area contributed by atoms with E-state index in [4.69, 9.17) is 11.6 Å². The number of hydrogen-bond donors (Lipinski definition) is 1. The van der Waals surface area contributed by atoms with Gasteiger partial charge in [-0.2, -0.15) is 0 Å². The lowest BCUT2D eigenvalue weighted by Gasteiger charge is -2.39. The average molecular weight is 352 g/mol. The van der Waals surface area contributed by atoms with E-state index in [-0.39, 0.29) is 37.0 Å². The number of likely N-dealkylation sites (tertiary alicyclic amines) is 1. The average Bonchev–Trinajstić information content (AvgIpc) is 2.49. The topological polar surface area (TPSA) is 52.7 Å². The Hall–Kier alpha value is -1.59. The predicted molar refractivity (Wildman–Crippen MR) is 97.2 cm³/mol. The fraction of sp³-hybridized carbons (Fsp3) is 0.556. The molecule has 6 heteroatoms. The maximum Gasteiger partial charge on any atom is 0.238 e. The maximum atomic E-state index is 12.5. The highest BCUT2D eigenvalue weighted by Crippen LogP contribution is 2.22. The molecular weight excluding hydrogens is 326 g/mol. The first-order valence-electron chi connectivity index (χ1n) is 8.42. The molecule has 132 valence electrons.